The van der Waals surface area contributed by atoms with Gasteiger partial charge in [0.25, 0.3) is 0 Å². The SMILES string of the molecule is CO[C@@H]1OC(COC(c2ccccc2)(c2ccccc2)c2ccccc2)[C@@H](OC)[C@H](OC(=O)c2ccccc2)C1OC(=O)c1ccccc1. The number of carbonyl (C=O) groups excluding carboxylic acids is 2. The smallest absolute Gasteiger partial charge is 0.338 e. The van der Waals surface area contributed by atoms with E-state index >= 15 is 0 Å². The second-order valence-electron chi connectivity index (χ2n) is 11.5. The molecule has 5 aromatic rings. The van der Waals surface area contributed by atoms with Crippen LogP contribution in [0.3, 0.4) is 0 Å². The lowest BCUT2D eigenvalue weighted by atomic mass is 9.80. The summed E-state index contributed by atoms with van der Waals surface area (Å²) in [4.78, 5) is 26.9. The van der Waals surface area contributed by atoms with Crippen LogP contribution in [0.2, 0.25) is 0 Å². The first-order valence-corrected chi connectivity index (χ1v) is 16.1. The summed E-state index contributed by atoms with van der Waals surface area (Å²) in [5, 5.41) is 0. The molecule has 49 heavy (non-hydrogen) atoms. The third-order valence-corrected chi connectivity index (χ3v) is 8.61. The number of rotatable bonds is 12. The summed E-state index contributed by atoms with van der Waals surface area (Å²) in [6.07, 6.45) is -5.18. The van der Waals surface area contributed by atoms with E-state index in [1.807, 2.05) is 91.0 Å². The Balaban J connectivity index is 1.38. The van der Waals surface area contributed by atoms with Crippen LogP contribution in [0.25, 0.3) is 0 Å². The van der Waals surface area contributed by atoms with Crippen molar-refractivity contribution >= 4 is 11.9 Å². The first-order valence-electron chi connectivity index (χ1n) is 16.1. The largest absolute Gasteiger partial charge is 0.452 e. The van der Waals surface area contributed by atoms with Gasteiger partial charge in [-0.15, -0.1) is 0 Å². The second-order valence-corrected chi connectivity index (χ2v) is 11.5. The van der Waals surface area contributed by atoms with Crippen molar-refractivity contribution in [2.45, 2.75) is 36.3 Å². The van der Waals surface area contributed by atoms with Gasteiger partial charge in [0, 0.05) is 14.2 Å². The lowest BCUT2D eigenvalue weighted by Gasteiger charge is -2.45. The molecule has 2 unspecified atom stereocenters. The van der Waals surface area contributed by atoms with Gasteiger partial charge in [-0.2, -0.15) is 0 Å². The molecule has 1 saturated heterocycles. The van der Waals surface area contributed by atoms with Crippen LogP contribution in [0, 0.1) is 0 Å². The maximum absolute atomic E-state index is 13.5. The van der Waals surface area contributed by atoms with Crippen molar-refractivity contribution in [3.05, 3.63) is 179 Å². The molecule has 0 radical (unpaired) electrons. The van der Waals surface area contributed by atoms with E-state index in [1.165, 1.54) is 14.2 Å². The van der Waals surface area contributed by atoms with E-state index in [1.54, 1.807) is 60.7 Å². The van der Waals surface area contributed by atoms with Crippen LogP contribution in [-0.2, 0) is 34.0 Å². The zero-order valence-electron chi connectivity index (χ0n) is 27.3. The van der Waals surface area contributed by atoms with Crippen molar-refractivity contribution in [1.29, 1.82) is 0 Å². The van der Waals surface area contributed by atoms with Crippen molar-refractivity contribution in [2.24, 2.45) is 0 Å². The Morgan fingerprint density at radius 2 is 0.918 bits per heavy atom. The van der Waals surface area contributed by atoms with Gasteiger partial charge in [0.15, 0.2) is 18.5 Å². The third kappa shape index (κ3) is 7.33. The van der Waals surface area contributed by atoms with E-state index in [-0.39, 0.29) is 6.61 Å². The highest BCUT2D eigenvalue weighted by Crippen LogP contribution is 2.41. The average Bonchev–Trinajstić information content (AvgIpc) is 3.17. The number of hydrogen-bond donors (Lipinski definition) is 0. The van der Waals surface area contributed by atoms with Crippen molar-refractivity contribution in [1.82, 2.24) is 0 Å². The molecule has 8 nitrogen and oxygen atoms in total. The van der Waals surface area contributed by atoms with Crippen LogP contribution >= 0.6 is 0 Å². The molecule has 0 N–H and O–H groups in total. The summed E-state index contributed by atoms with van der Waals surface area (Å²) in [7, 11) is 2.93. The highest BCUT2D eigenvalue weighted by Gasteiger charge is 2.52. The molecule has 5 atom stereocenters. The van der Waals surface area contributed by atoms with Gasteiger partial charge in [0.2, 0.25) is 0 Å². The van der Waals surface area contributed by atoms with Gasteiger partial charge in [-0.3, -0.25) is 0 Å². The second kappa shape index (κ2) is 15.9. The number of carbonyl (C=O) groups is 2. The standard InChI is InChI=1S/C41H38O8/c1-44-35-34(28-46-41(31-22-12-5-13-23-31,32-24-14-6-15-25-32)33-26-16-7-17-27-33)47-40(45-2)37(49-39(43)30-20-10-4-11-21-30)36(35)48-38(42)29-18-8-3-9-19-29/h3-27,34-37,40H,28H2,1-2H3/t34?,35-,36+,37?,40-/m1/s1. The summed E-state index contributed by atoms with van der Waals surface area (Å²) >= 11 is 0. The van der Waals surface area contributed by atoms with E-state index in [0.717, 1.165) is 16.7 Å². The molecular formula is C41H38O8. The Bertz CT molecular complexity index is 1670. The normalized spacial score (nSPS) is 20.7. The Kier molecular flexibility index (Phi) is 10.9. The molecule has 0 spiro atoms. The monoisotopic (exact) mass is 658 g/mol. The average molecular weight is 659 g/mol. The lowest BCUT2D eigenvalue weighted by molar-refractivity contribution is -0.301. The van der Waals surface area contributed by atoms with Gasteiger partial charge in [-0.1, -0.05) is 127 Å². The van der Waals surface area contributed by atoms with E-state index in [2.05, 4.69) is 0 Å². The minimum atomic E-state index is -1.17. The Labute approximate surface area is 286 Å². The maximum Gasteiger partial charge on any atom is 0.338 e. The minimum Gasteiger partial charge on any atom is -0.452 e. The van der Waals surface area contributed by atoms with Gasteiger partial charge >= 0.3 is 11.9 Å². The molecule has 0 aliphatic carbocycles. The molecule has 1 heterocycles. The van der Waals surface area contributed by atoms with Gasteiger partial charge in [-0.25, -0.2) is 9.59 Å². The van der Waals surface area contributed by atoms with Crippen molar-refractivity contribution < 1.29 is 38.0 Å². The minimum absolute atomic E-state index is 0.0181. The highest BCUT2D eigenvalue weighted by molar-refractivity contribution is 5.90. The van der Waals surface area contributed by atoms with Gasteiger partial charge in [-0.05, 0) is 41.0 Å². The zero-order chi connectivity index (χ0) is 34.1. The van der Waals surface area contributed by atoms with Gasteiger partial charge < -0.3 is 28.4 Å². The third-order valence-electron chi connectivity index (χ3n) is 8.61. The van der Waals surface area contributed by atoms with Crippen LogP contribution in [0.5, 0.6) is 0 Å². The molecule has 8 heteroatoms. The fourth-order valence-electron chi connectivity index (χ4n) is 6.25. The van der Waals surface area contributed by atoms with E-state index in [0.29, 0.717) is 11.1 Å². The number of ether oxygens (including phenoxy) is 6. The molecular weight excluding hydrogens is 620 g/mol. The summed E-state index contributed by atoms with van der Waals surface area (Å²) < 4.78 is 37.4. The van der Waals surface area contributed by atoms with Gasteiger partial charge in [0.1, 0.15) is 17.8 Å². The molecule has 6 rings (SSSR count). The lowest BCUT2D eigenvalue weighted by Crippen LogP contribution is -2.62. The molecule has 5 aromatic carbocycles. The number of methoxy groups -OCH3 is 2. The predicted octanol–water partition coefficient (Wildman–Crippen LogP) is 6.83. The number of esters is 2. The molecule has 1 fully saturated rings. The van der Waals surface area contributed by atoms with Crippen molar-refractivity contribution in [3.8, 4) is 0 Å². The van der Waals surface area contributed by atoms with Crippen molar-refractivity contribution in [2.75, 3.05) is 20.8 Å². The van der Waals surface area contributed by atoms with Crippen LogP contribution in [-0.4, -0.2) is 63.5 Å². The quantitative estimate of drug-likeness (QED) is 0.106. The Morgan fingerprint density at radius 3 is 1.31 bits per heavy atom. The molecule has 1 aliphatic heterocycles. The number of hydrogen-bond acceptors (Lipinski definition) is 8. The first kappa shape index (κ1) is 33.8. The summed E-state index contributed by atoms with van der Waals surface area (Å²) in [6.45, 7) is -0.0181. The summed E-state index contributed by atoms with van der Waals surface area (Å²) in [5.74, 6) is -1.24. The van der Waals surface area contributed by atoms with Crippen LogP contribution in [0.4, 0.5) is 0 Å². The molecule has 1 aliphatic rings. The van der Waals surface area contributed by atoms with E-state index in [9.17, 15) is 9.59 Å². The van der Waals surface area contributed by atoms with Crippen LogP contribution in [0.1, 0.15) is 37.4 Å². The fourth-order valence-corrected chi connectivity index (χ4v) is 6.25. The zero-order valence-corrected chi connectivity index (χ0v) is 27.3. The van der Waals surface area contributed by atoms with E-state index < -0.39 is 48.2 Å². The predicted molar refractivity (Wildman–Crippen MR) is 183 cm³/mol. The molecule has 0 saturated carbocycles. The Morgan fingerprint density at radius 1 is 0.531 bits per heavy atom. The van der Waals surface area contributed by atoms with Crippen LogP contribution in [0.15, 0.2) is 152 Å². The molecule has 250 valence electrons. The summed E-state index contributed by atoms with van der Waals surface area (Å²) in [6, 6.07) is 47.0. The molecule has 0 amide bonds. The maximum atomic E-state index is 13.5. The number of benzene rings is 5. The first-order chi connectivity index (χ1) is 24.0. The van der Waals surface area contributed by atoms with Crippen molar-refractivity contribution in [3.63, 3.8) is 0 Å². The van der Waals surface area contributed by atoms with Crippen LogP contribution < -0.4 is 0 Å². The molecule has 0 bridgehead atoms. The fraction of sp³-hybridized carbons (Fsp3) is 0.220. The summed E-state index contributed by atoms with van der Waals surface area (Å²) in [5.41, 5.74) is 2.31. The Hall–Kier alpha value is -5.12. The molecule has 0 aromatic heterocycles. The van der Waals surface area contributed by atoms with E-state index in [4.69, 9.17) is 28.4 Å². The van der Waals surface area contributed by atoms with Gasteiger partial charge in [0.05, 0.1) is 17.7 Å². The topological polar surface area (TPSA) is 89.5 Å². The highest BCUT2D eigenvalue weighted by atomic mass is 16.7.